The van der Waals surface area contributed by atoms with Gasteiger partial charge in [-0.1, -0.05) is 24.3 Å². The van der Waals surface area contributed by atoms with Crippen LogP contribution in [0.2, 0.25) is 0 Å². The van der Waals surface area contributed by atoms with Gasteiger partial charge in [0.15, 0.2) is 10.9 Å². The average molecular weight is 347 g/mol. The predicted octanol–water partition coefficient (Wildman–Crippen LogP) is 2.43. The number of rotatable bonds is 2. The first kappa shape index (κ1) is 15.4. The van der Waals surface area contributed by atoms with Gasteiger partial charge in [-0.25, -0.2) is 8.42 Å². The molecule has 2 aromatic carbocycles. The molecule has 0 aliphatic carbocycles. The van der Waals surface area contributed by atoms with Crippen LogP contribution in [0, 0.1) is 0 Å². The molecule has 1 aliphatic rings. The van der Waals surface area contributed by atoms with E-state index in [2.05, 4.69) is 15.4 Å². The Morgan fingerprint density at radius 1 is 1.04 bits per heavy atom. The number of para-hydroxylation sites is 2. The fourth-order valence-corrected chi connectivity index (χ4v) is 3.58. The maximum absolute atomic E-state index is 11.9. The van der Waals surface area contributed by atoms with Crippen molar-refractivity contribution in [3.63, 3.8) is 0 Å². The molecule has 0 amide bonds. The molecule has 0 aromatic heterocycles. The van der Waals surface area contributed by atoms with Crippen molar-refractivity contribution in [2.75, 3.05) is 21.1 Å². The average Bonchev–Trinajstić information content (AvgIpc) is 2.48. The third-order valence-corrected chi connectivity index (χ3v) is 4.58. The number of ketones is 1. The highest BCUT2D eigenvalue weighted by atomic mass is 32.2. The molecule has 3 N–H and O–H groups in total. The number of sulfonamides is 1. The zero-order chi connectivity index (χ0) is 16.4. The summed E-state index contributed by atoms with van der Waals surface area (Å²) in [6, 6.07) is 14.2. The smallest absolute Gasteiger partial charge is 0.240 e. The fraction of sp³-hybridized carbons (Fsp3) is 0.0667. The van der Waals surface area contributed by atoms with Crippen molar-refractivity contribution in [1.82, 2.24) is 0 Å². The Hall–Kier alpha value is -2.45. The van der Waals surface area contributed by atoms with Crippen molar-refractivity contribution in [3.05, 3.63) is 54.1 Å². The minimum absolute atomic E-state index is 0.223. The fourth-order valence-electron chi connectivity index (χ4n) is 2.25. The summed E-state index contributed by atoms with van der Waals surface area (Å²) in [5, 5.41) is 6.20. The van der Waals surface area contributed by atoms with Crippen LogP contribution in [0.5, 0.6) is 0 Å². The molecule has 2 aromatic rings. The molecule has 0 saturated heterocycles. The van der Waals surface area contributed by atoms with Crippen LogP contribution in [0.15, 0.2) is 48.5 Å². The Morgan fingerprint density at radius 2 is 1.78 bits per heavy atom. The number of hydrogen-bond acceptors (Lipinski definition) is 4. The maximum atomic E-state index is 11.9. The molecule has 8 heteroatoms. The SMILES string of the molecule is O=C1CS(=O)(=O)Nc2c(NC(=S)Nc3ccccc3)cccc21. The summed E-state index contributed by atoms with van der Waals surface area (Å²) in [4.78, 5) is 11.9. The second-order valence-electron chi connectivity index (χ2n) is 4.96. The Morgan fingerprint density at radius 3 is 2.52 bits per heavy atom. The van der Waals surface area contributed by atoms with Gasteiger partial charge < -0.3 is 10.6 Å². The van der Waals surface area contributed by atoms with Gasteiger partial charge in [0.2, 0.25) is 10.0 Å². The third kappa shape index (κ3) is 3.49. The van der Waals surface area contributed by atoms with Crippen molar-refractivity contribution in [3.8, 4) is 0 Å². The number of carbonyl (C=O) groups is 1. The van der Waals surface area contributed by atoms with E-state index in [0.29, 0.717) is 16.4 Å². The monoisotopic (exact) mass is 347 g/mol. The summed E-state index contributed by atoms with van der Waals surface area (Å²) >= 11 is 5.23. The van der Waals surface area contributed by atoms with Gasteiger partial charge in [-0.15, -0.1) is 0 Å². The van der Waals surface area contributed by atoms with E-state index in [0.717, 1.165) is 5.69 Å². The highest BCUT2D eigenvalue weighted by Crippen LogP contribution is 2.31. The molecule has 6 nitrogen and oxygen atoms in total. The van der Waals surface area contributed by atoms with Crippen LogP contribution in [0.3, 0.4) is 0 Å². The highest BCUT2D eigenvalue weighted by Gasteiger charge is 2.29. The number of benzene rings is 2. The lowest BCUT2D eigenvalue weighted by Crippen LogP contribution is -2.30. The molecule has 0 spiro atoms. The summed E-state index contributed by atoms with van der Waals surface area (Å²) in [6.07, 6.45) is 0. The van der Waals surface area contributed by atoms with E-state index in [1.54, 1.807) is 18.2 Å². The lowest BCUT2D eigenvalue weighted by Gasteiger charge is -2.21. The van der Waals surface area contributed by atoms with E-state index in [9.17, 15) is 13.2 Å². The molecule has 0 bridgehead atoms. The lowest BCUT2D eigenvalue weighted by atomic mass is 10.1. The van der Waals surface area contributed by atoms with Crippen molar-refractivity contribution < 1.29 is 13.2 Å². The van der Waals surface area contributed by atoms with Gasteiger partial charge in [0.25, 0.3) is 0 Å². The second-order valence-corrected chi connectivity index (χ2v) is 7.09. The molecule has 0 unspecified atom stereocenters. The Bertz CT molecular complexity index is 880. The Kier molecular flexibility index (Phi) is 4.01. The summed E-state index contributed by atoms with van der Waals surface area (Å²) in [5.74, 6) is -0.986. The number of nitrogens with one attached hydrogen (secondary N) is 3. The van der Waals surface area contributed by atoms with E-state index in [1.165, 1.54) is 0 Å². The number of fused-ring (bicyclic) bond motifs is 1. The topological polar surface area (TPSA) is 87.3 Å². The van der Waals surface area contributed by atoms with Crippen molar-refractivity contribution in [2.24, 2.45) is 0 Å². The largest absolute Gasteiger partial charge is 0.332 e. The molecule has 1 aliphatic heterocycles. The van der Waals surface area contributed by atoms with Crippen LogP contribution in [-0.4, -0.2) is 25.1 Å². The molecule has 0 radical (unpaired) electrons. The van der Waals surface area contributed by atoms with Crippen molar-refractivity contribution >= 4 is 50.2 Å². The number of hydrogen-bond donors (Lipinski definition) is 3. The van der Waals surface area contributed by atoms with Crippen LogP contribution >= 0.6 is 12.2 Å². The van der Waals surface area contributed by atoms with Crippen molar-refractivity contribution in [1.29, 1.82) is 0 Å². The summed E-state index contributed by atoms with van der Waals surface area (Å²) in [7, 11) is -3.67. The van der Waals surface area contributed by atoms with Gasteiger partial charge in [-0.3, -0.25) is 9.52 Å². The van der Waals surface area contributed by atoms with Gasteiger partial charge in [0.1, 0.15) is 5.75 Å². The first-order valence-corrected chi connectivity index (χ1v) is 8.80. The normalized spacial score (nSPS) is 15.2. The Labute approximate surface area is 139 Å². The minimum atomic E-state index is -3.67. The molecule has 1 heterocycles. The van der Waals surface area contributed by atoms with Crippen LogP contribution in [-0.2, 0) is 10.0 Å². The first-order valence-electron chi connectivity index (χ1n) is 6.74. The number of carbonyl (C=O) groups excluding carboxylic acids is 1. The number of Topliss-reactive ketones (excluding diaryl/α,β-unsaturated/α-hetero) is 1. The second kappa shape index (κ2) is 5.98. The van der Waals surface area contributed by atoms with Crippen LogP contribution in [0.25, 0.3) is 0 Å². The van der Waals surface area contributed by atoms with E-state index >= 15 is 0 Å². The molecular weight excluding hydrogens is 334 g/mol. The molecule has 23 heavy (non-hydrogen) atoms. The van der Waals surface area contributed by atoms with E-state index in [-0.39, 0.29) is 5.69 Å². The van der Waals surface area contributed by atoms with E-state index in [1.807, 2.05) is 30.3 Å². The summed E-state index contributed by atoms with van der Waals surface area (Å²) in [5.41, 5.74) is 1.77. The Balaban J connectivity index is 1.86. The third-order valence-electron chi connectivity index (χ3n) is 3.22. The van der Waals surface area contributed by atoms with Crippen LogP contribution < -0.4 is 15.4 Å². The van der Waals surface area contributed by atoms with Gasteiger partial charge in [-0.05, 0) is 36.5 Å². The van der Waals surface area contributed by atoms with Crippen LogP contribution in [0.4, 0.5) is 17.1 Å². The lowest BCUT2D eigenvalue weighted by molar-refractivity contribution is 0.102. The molecule has 118 valence electrons. The number of thiocarbonyl (C=S) groups is 1. The first-order chi connectivity index (χ1) is 10.9. The number of anilines is 3. The van der Waals surface area contributed by atoms with Crippen molar-refractivity contribution in [2.45, 2.75) is 0 Å². The summed E-state index contributed by atoms with van der Waals surface area (Å²) in [6.45, 7) is 0. The highest BCUT2D eigenvalue weighted by molar-refractivity contribution is 7.93. The minimum Gasteiger partial charge on any atom is -0.332 e. The van der Waals surface area contributed by atoms with Gasteiger partial charge in [0, 0.05) is 11.3 Å². The zero-order valence-electron chi connectivity index (χ0n) is 11.9. The molecular formula is C15H13N3O3S2. The van der Waals surface area contributed by atoms with Gasteiger partial charge in [-0.2, -0.15) is 0 Å². The zero-order valence-corrected chi connectivity index (χ0v) is 13.5. The molecule has 0 saturated carbocycles. The predicted molar refractivity (Wildman–Crippen MR) is 94.5 cm³/mol. The van der Waals surface area contributed by atoms with E-state index in [4.69, 9.17) is 12.2 Å². The molecule has 0 fully saturated rings. The van der Waals surface area contributed by atoms with Gasteiger partial charge in [0.05, 0.1) is 11.4 Å². The quantitative estimate of drug-likeness (QED) is 0.723. The molecule has 0 atom stereocenters. The molecule has 3 rings (SSSR count). The standard InChI is InChI=1S/C15H13N3O3S2/c19-13-9-23(20,21)18-14-11(13)7-4-8-12(14)17-15(22)16-10-5-2-1-3-6-10/h1-8,18H,9H2,(H2,16,17,22). The van der Waals surface area contributed by atoms with E-state index < -0.39 is 21.6 Å². The maximum Gasteiger partial charge on any atom is 0.240 e. The van der Waals surface area contributed by atoms with Crippen LogP contribution in [0.1, 0.15) is 10.4 Å². The summed E-state index contributed by atoms with van der Waals surface area (Å²) < 4.78 is 25.9. The van der Waals surface area contributed by atoms with Gasteiger partial charge >= 0.3 is 0 Å².